The Bertz CT molecular complexity index is 1020. The number of aromatic nitrogens is 1. The molecule has 1 saturated carbocycles. The van der Waals surface area contributed by atoms with Crippen LogP contribution in [0.1, 0.15) is 31.2 Å². The molecule has 0 spiro atoms. The van der Waals surface area contributed by atoms with Crippen molar-refractivity contribution in [3.63, 3.8) is 0 Å². The molecule has 1 N–H and O–H groups in total. The van der Waals surface area contributed by atoms with Gasteiger partial charge < -0.3 is 14.8 Å². The van der Waals surface area contributed by atoms with Crippen molar-refractivity contribution in [2.45, 2.75) is 25.7 Å². The van der Waals surface area contributed by atoms with Gasteiger partial charge in [-0.3, -0.25) is 4.98 Å². The van der Waals surface area contributed by atoms with Crippen molar-refractivity contribution in [3.8, 4) is 17.6 Å². The van der Waals surface area contributed by atoms with Crippen LogP contribution in [-0.2, 0) is 0 Å². The van der Waals surface area contributed by atoms with Crippen LogP contribution in [0, 0.1) is 23.2 Å². The topological polar surface area (TPSA) is 67.2 Å². The number of nitrogens with zero attached hydrogens (tertiary/aromatic N) is 2. The zero-order chi connectivity index (χ0) is 19.7. The summed E-state index contributed by atoms with van der Waals surface area (Å²) in [5.74, 6) is 1.92. The number of benzene rings is 1. The molecule has 6 heteroatoms. The normalized spacial score (nSPS) is 21.2. The highest BCUT2D eigenvalue weighted by Gasteiger charge is 2.32. The minimum atomic E-state index is 0.348. The first-order valence-electron chi connectivity index (χ1n) is 9.45. The summed E-state index contributed by atoms with van der Waals surface area (Å²) in [5, 5.41) is 15.0. The van der Waals surface area contributed by atoms with Gasteiger partial charge in [0.2, 0.25) is 0 Å². The number of nitriles is 1. The predicted octanol–water partition coefficient (Wildman–Crippen LogP) is 5.36. The Morgan fingerprint density at radius 3 is 2.54 bits per heavy atom. The van der Waals surface area contributed by atoms with Gasteiger partial charge in [0.05, 0.1) is 31.0 Å². The van der Waals surface area contributed by atoms with E-state index in [0.29, 0.717) is 28.9 Å². The van der Waals surface area contributed by atoms with Crippen molar-refractivity contribution in [2.75, 3.05) is 19.5 Å². The number of hydrogen-bond acceptors (Lipinski definition) is 5. The molecule has 2 aromatic rings. The summed E-state index contributed by atoms with van der Waals surface area (Å²) < 4.78 is 10.8. The minimum Gasteiger partial charge on any atom is -0.493 e. The van der Waals surface area contributed by atoms with E-state index >= 15 is 0 Å². The van der Waals surface area contributed by atoms with Crippen molar-refractivity contribution >= 4 is 28.2 Å². The third-order valence-electron chi connectivity index (χ3n) is 5.70. The molecule has 1 aromatic carbocycles. The van der Waals surface area contributed by atoms with Gasteiger partial charge in [0.25, 0.3) is 0 Å². The fourth-order valence-electron chi connectivity index (χ4n) is 4.27. The van der Waals surface area contributed by atoms with Crippen LogP contribution in [0.15, 0.2) is 41.2 Å². The maximum atomic E-state index is 9.67. The van der Waals surface area contributed by atoms with Gasteiger partial charge in [0.15, 0.2) is 11.5 Å². The zero-order valence-corrected chi connectivity index (χ0v) is 16.7. The standard InChI is InChI=1S/C22H22ClN3O2/c1-27-20-9-16-19(10-21(20)28-2)25-12-13(11-24)22(16)26-18-8-7-17(23)14-5-3-4-6-15(14)18/h7-10,12,14-15H,3-6H2,1-2H3,(H,25,26). The Labute approximate surface area is 169 Å². The molecule has 144 valence electrons. The number of nitrogens with one attached hydrogen (secondary N) is 1. The van der Waals surface area contributed by atoms with Crippen LogP contribution in [0.2, 0.25) is 0 Å². The number of fused-ring (bicyclic) bond motifs is 2. The van der Waals surface area contributed by atoms with Gasteiger partial charge in [0.1, 0.15) is 6.07 Å². The van der Waals surface area contributed by atoms with E-state index in [1.807, 2.05) is 24.3 Å². The highest BCUT2D eigenvalue weighted by molar-refractivity contribution is 6.30. The number of hydrogen-bond donors (Lipinski definition) is 1. The summed E-state index contributed by atoms with van der Waals surface area (Å²) in [7, 11) is 3.19. The quantitative estimate of drug-likeness (QED) is 0.754. The van der Waals surface area contributed by atoms with Crippen molar-refractivity contribution in [1.29, 1.82) is 5.26 Å². The van der Waals surface area contributed by atoms with E-state index in [4.69, 9.17) is 21.1 Å². The lowest BCUT2D eigenvalue weighted by molar-refractivity contribution is 0.316. The van der Waals surface area contributed by atoms with Gasteiger partial charge >= 0.3 is 0 Å². The maximum Gasteiger partial charge on any atom is 0.162 e. The Morgan fingerprint density at radius 2 is 1.82 bits per heavy atom. The second-order valence-corrected chi connectivity index (χ2v) is 7.62. The second kappa shape index (κ2) is 7.73. The van der Waals surface area contributed by atoms with Crippen LogP contribution in [0.3, 0.4) is 0 Å². The van der Waals surface area contributed by atoms with Crippen molar-refractivity contribution in [1.82, 2.24) is 4.98 Å². The molecule has 0 saturated heterocycles. The number of pyridine rings is 1. The molecule has 5 nitrogen and oxygen atoms in total. The first kappa shape index (κ1) is 18.6. The molecule has 1 aromatic heterocycles. The largest absolute Gasteiger partial charge is 0.493 e. The van der Waals surface area contributed by atoms with E-state index in [9.17, 15) is 5.26 Å². The van der Waals surface area contributed by atoms with Gasteiger partial charge in [0, 0.05) is 40.2 Å². The fraction of sp³-hybridized carbons (Fsp3) is 0.364. The zero-order valence-electron chi connectivity index (χ0n) is 16.0. The second-order valence-electron chi connectivity index (χ2n) is 7.18. The smallest absolute Gasteiger partial charge is 0.162 e. The lowest BCUT2D eigenvalue weighted by atomic mass is 9.75. The molecule has 0 bridgehead atoms. The Balaban J connectivity index is 1.82. The monoisotopic (exact) mass is 395 g/mol. The molecular formula is C22H22ClN3O2. The van der Waals surface area contributed by atoms with E-state index in [1.54, 1.807) is 20.4 Å². The highest BCUT2D eigenvalue weighted by atomic mass is 35.5. The predicted molar refractivity (Wildman–Crippen MR) is 111 cm³/mol. The van der Waals surface area contributed by atoms with E-state index in [0.717, 1.165) is 40.2 Å². The van der Waals surface area contributed by atoms with E-state index in [-0.39, 0.29) is 0 Å². The van der Waals surface area contributed by atoms with Crippen LogP contribution in [0.4, 0.5) is 5.69 Å². The summed E-state index contributed by atoms with van der Waals surface area (Å²) in [5.41, 5.74) is 3.08. The van der Waals surface area contributed by atoms with Crippen LogP contribution < -0.4 is 14.8 Å². The summed E-state index contributed by atoms with van der Waals surface area (Å²) in [6.07, 6.45) is 10.2. The van der Waals surface area contributed by atoms with Crippen LogP contribution >= 0.6 is 11.6 Å². The number of halogens is 1. The molecule has 0 radical (unpaired) electrons. The third-order valence-corrected chi connectivity index (χ3v) is 6.11. The molecule has 2 atom stereocenters. The van der Waals surface area contributed by atoms with Gasteiger partial charge in [-0.2, -0.15) is 5.26 Å². The number of methoxy groups -OCH3 is 2. The van der Waals surface area contributed by atoms with E-state index in [2.05, 4.69) is 16.4 Å². The lowest BCUT2D eigenvalue weighted by Gasteiger charge is -2.36. The maximum absolute atomic E-state index is 9.67. The van der Waals surface area contributed by atoms with Crippen LogP contribution in [0.25, 0.3) is 10.9 Å². The van der Waals surface area contributed by atoms with Gasteiger partial charge in [-0.15, -0.1) is 0 Å². The molecular weight excluding hydrogens is 374 g/mol. The summed E-state index contributed by atoms with van der Waals surface area (Å²) in [6, 6.07) is 5.96. The summed E-state index contributed by atoms with van der Waals surface area (Å²) in [4.78, 5) is 4.43. The van der Waals surface area contributed by atoms with Crippen molar-refractivity contribution < 1.29 is 9.47 Å². The van der Waals surface area contributed by atoms with Gasteiger partial charge in [-0.25, -0.2) is 0 Å². The average molecular weight is 396 g/mol. The highest BCUT2D eigenvalue weighted by Crippen LogP contribution is 2.44. The molecule has 4 rings (SSSR count). The number of allylic oxidation sites excluding steroid dienone is 4. The molecule has 0 amide bonds. The van der Waals surface area contributed by atoms with Crippen LogP contribution in [0.5, 0.6) is 11.5 Å². The first-order chi connectivity index (χ1) is 13.7. The SMILES string of the molecule is COc1cc2ncc(C#N)c(NC3=CC=C(Cl)C4CCCCC34)c2cc1OC. The van der Waals surface area contributed by atoms with Gasteiger partial charge in [-0.1, -0.05) is 24.4 Å². The Kier molecular flexibility index (Phi) is 5.15. The van der Waals surface area contributed by atoms with Crippen LogP contribution in [-0.4, -0.2) is 19.2 Å². The Morgan fingerprint density at radius 1 is 1.11 bits per heavy atom. The number of anilines is 1. The molecule has 1 fully saturated rings. The molecule has 2 aliphatic carbocycles. The van der Waals surface area contributed by atoms with Crippen molar-refractivity contribution in [2.24, 2.45) is 11.8 Å². The molecule has 2 unspecified atom stereocenters. The molecule has 2 aliphatic rings. The number of ether oxygens (including phenoxy) is 2. The van der Waals surface area contributed by atoms with E-state index in [1.165, 1.54) is 12.8 Å². The van der Waals surface area contributed by atoms with E-state index < -0.39 is 0 Å². The lowest BCUT2D eigenvalue weighted by Crippen LogP contribution is -2.27. The molecule has 0 aliphatic heterocycles. The average Bonchev–Trinajstić information content (AvgIpc) is 2.74. The summed E-state index contributed by atoms with van der Waals surface area (Å²) in [6.45, 7) is 0. The summed E-state index contributed by atoms with van der Waals surface area (Å²) >= 11 is 6.48. The van der Waals surface area contributed by atoms with Gasteiger partial charge in [-0.05, 0) is 31.1 Å². The first-order valence-corrected chi connectivity index (χ1v) is 9.83. The molecule has 1 heterocycles. The fourth-order valence-corrected chi connectivity index (χ4v) is 4.59. The Hall–Kier alpha value is -2.71. The minimum absolute atomic E-state index is 0.348. The number of rotatable bonds is 4. The third kappa shape index (κ3) is 3.18. The van der Waals surface area contributed by atoms with Crippen molar-refractivity contribution in [3.05, 3.63) is 46.8 Å². The molecule has 28 heavy (non-hydrogen) atoms.